The summed E-state index contributed by atoms with van der Waals surface area (Å²) in [5, 5.41) is 18.3. The third-order valence-corrected chi connectivity index (χ3v) is 2.85. The van der Waals surface area contributed by atoms with Crippen molar-refractivity contribution >= 4 is 0 Å². The van der Waals surface area contributed by atoms with Gasteiger partial charge in [0.25, 0.3) is 0 Å². The average Bonchev–Trinajstić information content (AvgIpc) is 2.26. The molecule has 0 radical (unpaired) electrons. The Morgan fingerprint density at radius 2 is 1.71 bits per heavy atom. The highest BCUT2D eigenvalue weighted by Gasteiger charge is 2.03. The first kappa shape index (κ1) is 16.1. The lowest BCUT2D eigenvalue weighted by Gasteiger charge is -2.09. The first-order valence-corrected chi connectivity index (χ1v) is 6.23. The van der Waals surface area contributed by atoms with E-state index in [1.807, 2.05) is 19.9 Å². The van der Waals surface area contributed by atoms with Crippen LogP contribution in [0.1, 0.15) is 46.5 Å². The molecule has 0 aromatic heterocycles. The van der Waals surface area contributed by atoms with Gasteiger partial charge in [-0.1, -0.05) is 35.5 Å². The highest BCUT2D eigenvalue weighted by molar-refractivity contribution is 5.05. The van der Waals surface area contributed by atoms with Crippen LogP contribution in [0.25, 0.3) is 0 Å². The van der Waals surface area contributed by atoms with Crippen LogP contribution in [0, 0.1) is 0 Å². The highest BCUT2D eigenvalue weighted by atomic mass is 16.3. The predicted molar refractivity (Wildman–Crippen MR) is 73.9 cm³/mol. The first-order chi connectivity index (χ1) is 7.97. The van der Waals surface area contributed by atoms with Crippen LogP contribution < -0.4 is 0 Å². The Labute approximate surface area is 105 Å². The molecule has 0 spiro atoms. The van der Waals surface area contributed by atoms with Crippen molar-refractivity contribution in [2.75, 3.05) is 6.61 Å². The van der Waals surface area contributed by atoms with E-state index in [-0.39, 0.29) is 12.7 Å². The van der Waals surface area contributed by atoms with Crippen molar-refractivity contribution in [1.82, 2.24) is 0 Å². The van der Waals surface area contributed by atoms with Gasteiger partial charge >= 0.3 is 0 Å². The zero-order valence-electron chi connectivity index (χ0n) is 11.4. The molecule has 0 aromatic carbocycles. The van der Waals surface area contributed by atoms with Gasteiger partial charge in [0.05, 0.1) is 12.7 Å². The molecule has 0 rings (SSSR count). The Kier molecular flexibility index (Phi) is 8.73. The molecule has 2 heteroatoms. The van der Waals surface area contributed by atoms with Crippen LogP contribution in [0.2, 0.25) is 0 Å². The molecule has 0 aliphatic heterocycles. The third kappa shape index (κ3) is 8.90. The van der Waals surface area contributed by atoms with Gasteiger partial charge in [-0.25, -0.2) is 0 Å². The lowest BCUT2D eigenvalue weighted by Crippen LogP contribution is -2.06. The van der Waals surface area contributed by atoms with Gasteiger partial charge in [-0.3, -0.25) is 0 Å². The first-order valence-electron chi connectivity index (χ1n) is 6.23. The summed E-state index contributed by atoms with van der Waals surface area (Å²) in [5.41, 5.74) is 3.36. The van der Waals surface area contributed by atoms with Crippen LogP contribution in [0.15, 0.2) is 35.5 Å². The molecule has 0 fully saturated rings. The van der Waals surface area contributed by atoms with Crippen LogP contribution in [-0.4, -0.2) is 22.9 Å². The Morgan fingerprint density at radius 3 is 2.24 bits per heavy atom. The second-order valence-electron chi connectivity index (χ2n) is 4.72. The van der Waals surface area contributed by atoms with Crippen molar-refractivity contribution in [3.8, 4) is 0 Å². The number of rotatable bonds is 8. The monoisotopic (exact) mass is 238 g/mol. The van der Waals surface area contributed by atoms with Gasteiger partial charge in [-0.2, -0.15) is 0 Å². The topological polar surface area (TPSA) is 40.5 Å². The van der Waals surface area contributed by atoms with Crippen LogP contribution in [0.4, 0.5) is 0 Å². The molecular formula is C15H26O2. The number of allylic oxidation sites excluding steroid dienone is 3. The highest BCUT2D eigenvalue weighted by Crippen LogP contribution is 2.13. The molecule has 0 aromatic rings. The molecule has 0 heterocycles. The summed E-state index contributed by atoms with van der Waals surface area (Å²) < 4.78 is 0. The number of hydrogen-bond donors (Lipinski definition) is 2. The molecule has 2 N–H and O–H groups in total. The molecule has 0 saturated heterocycles. The third-order valence-electron chi connectivity index (χ3n) is 2.85. The second-order valence-corrected chi connectivity index (χ2v) is 4.72. The summed E-state index contributed by atoms with van der Waals surface area (Å²) in [6.45, 7) is 9.84. The van der Waals surface area contributed by atoms with Crippen LogP contribution in [0.3, 0.4) is 0 Å². The van der Waals surface area contributed by atoms with E-state index in [0.29, 0.717) is 0 Å². The summed E-state index contributed by atoms with van der Waals surface area (Å²) in [5.74, 6) is 0. The van der Waals surface area contributed by atoms with Crippen molar-refractivity contribution in [2.24, 2.45) is 0 Å². The molecule has 98 valence electrons. The Morgan fingerprint density at radius 1 is 1.12 bits per heavy atom. The zero-order chi connectivity index (χ0) is 13.3. The normalized spacial score (nSPS) is 14.9. The van der Waals surface area contributed by atoms with Crippen molar-refractivity contribution < 1.29 is 10.2 Å². The van der Waals surface area contributed by atoms with Crippen LogP contribution in [-0.2, 0) is 0 Å². The van der Waals surface area contributed by atoms with Gasteiger partial charge in [-0.15, -0.1) is 0 Å². The van der Waals surface area contributed by atoms with E-state index >= 15 is 0 Å². The maximum Gasteiger partial charge on any atom is 0.0747 e. The molecule has 0 bridgehead atoms. The summed E-state index contributed by atoms with van der Waals surface area (Å²) in [7, 11) is 0. The van der Waals surface area contributed by atoms with Crippen molar-refractivity contribution in [3.05, 3.63) is 35.5 Å². The summed E-state index contributed by atoms with van der Waals surface area (Å²) in [4.78, 5) is 0. The van der Waals surface area contributed by atoms with Crippen molar-refractivity contribution in [2.45, 2.75) is 52.6 Å². The van der Waals surface area contributed by atoms with E-state index < -0.39 is 0 Å². The molecule has 0 amide bonds. The fourth-order valence-electron chi connectivity index (χ4n) is 1.52. The van der Waals surface area contributed by atoms with Gasteiger partial charge in [0, 0.05) is 0 Å². The molecular weight excluding hydrogens is 212 g/mol. The fraction of sp³-hybridized carbons (Fsp3) is 0.600. The van der Waals surface area contributed by atoms with Gasteiger partial charge in [0.2, 0.25) is 0 Å². The summed E-state index contributed by atoms with van der Waals surface area (Å²) in [6, 6.07) is 0. The van der Waals surface area contributed by atoms with E-state index in [2.05, 4.69) is 19.6 Å². The van der Waals surface area contributed by atoms with Crippen molar-refractivity contribution in [3.63, 3.8) is 0 Å². The largest absolute Gasteiger partial charge is 0.392 e. The van der Waals surface area contributed by atoms with Gasteiger partial charge in [-0.05, 0) is 46.5 Å². The van der Waals surface area contributed by atoms with Gasteiger partial charge < -0.3 is 10.2 Å². The van der Waals surface area contributed by atoms with Gasteiger partial charge in [0.15, 0.2) is 0 Å². The summed E-state index contributed by atoms with van der Waals surface area (Å²) >= 11 is 0. The van der Waals surface area contributed by atoms with E-state index in [9.17, 15) is 5.11 Å². The predicted octanol–water partition coefficient (Wildman–Crippen LogP) is 3.37. The van der Waals surface area contributed by atoms with E-state index in [0.717, 1.165) is 31.3 Å². The van der Waals surface area contributed by atoms with Crippen molar-refractivity contribution in [1.29, 1.82) is 0 Å². The second kappa shape index (κ2) is 9.20. The van der Waals surface area contributed by atoms with Crippen LogP contribution >= 0.6 is 0 Å². The molecule has 0 aliphatic rings. The fourth-order valence-corrected chi connectivity index (χ4v) is 1.52. The Hall–Kier alpha value is -0.860. The Balaban J connectivity index is 3.87. The molecule has 0 aliphatic carbocycles. The minimum absolute atomic E-state index is 0.124. The average molecular weight is 238 g/mol. The van der Waals surface area contributed by atoms with Crippen LogP contribution in [0.5, 0.6) is 0 Å². The van der Waals surface area contributed by atoms with Gasteiger partial charge in [0.1, 0.15) is 0 Å². The molecule has 2 nitrogen and oxygen atoms in total. The SMILES string of the molecule is C=C(C)C(O)CCC(C)=CCCC(C)=CCO. The number of aliphatic hydroxyl groups excluding tert-OH is 2. The van der Waals surface area contributed by atoms with E-state index in [1.54, 1.807) is 0 Å². The standard InChI is InChI=1S/C15H26O2/c1-12(2)15(17)9-8-13(3)6-5-7-14(4)10-11-16/h6,10,15-17H,1,5,7-9,11H2,2-4H3. The Bertz CT molecular complexity index is 287. The lowest BCUT2D eigenvalue weighted by atomic mass is 10.0. The smallest absolute Gasteiger partial charge is 0.0747 e. The molecule has 0 saturated carbocycles. The molecule has 1 unspecified atom stereocenters. The quantitative estimate of drug-likeness (QED) is 0.636. The minimum Gasteiger partial charge on any atom is -0.392 e. The number of aliphatic hydroxyl groups is 2. The van der Waals surface area contributed by atoms with E-state index in [1.165, 1.54) is 11.1 Å². The zero-order valence-corrected chi connectivity index (χ0v) is 11.4. The molecule has 17 heavy (non-hydrogen) atoms. The maximum atomic E-state index is 9.60. The van der Waals surface area contributed by atoms with E-state index in [4.69, 9.17) is 5.11 Å². The summed E-state index contributed by atoms with van der Waals surface area (Å²) in [6.07, 6.45) is 7.32. The molecule has 1 atom stereocenters. The number of hydrogen-bond acceptors (Lipinski definition) is 2. The maximum absolute atomic E-state index is 9.60. The lowest BCUT2D eigenvalue weighted by molar-refractivity contribution is 0.201. The minimum atomic E-state index is -0.380.